The van der Waals surface area contributed by atoms with Crippen molar-refractivity contribution in [2.45, 2.75) is 58.7 Å². The third kappa shape index (κ3) is 6.82. The van der Waals surface area contributed by atoms with Gasteiger partial charge < -0.3 is 19.7 Å². The van der Waals surface area contributed by atoms with Crippen LogP contribution in [0.3, 0.4) is 0 Å². The molecule has 120 valence electrons. The quantitative estimate of drug-likeness (QED) is 0.368. The minimum absolute atomic E-state index is 0.00137. The number of rotatable bonds is 11. The first kappa shape index (κ1) is 17.8. The average Bonchev–Trinajstić information content (AvgIpc) is 2.49. The third-order valence-corrected chi connectivity index (χ3v) is 3.25. The SMILES string of the molecule is CCCOC(CCCCc1cccc(O)c1O)OCCC. The van der Waals surface area contributed by atoms with Crippen LogP contribution in [0.25, 0.3) is 0 Å². The van der Waals surface area contributed by atoms with Gasteiger partial charge in [0.15, 0.2) is 17.8 Å². The highest BCUT2D eigenvalue weighted by atomic mass is 16.7. The topological polar surface area (TPSA) is 58.9 Å². The molecule has 0 bridgehead atoms. The summed E-state index contributed by atoms with van der Waals surface area (Å²) in [5, 5.41) is 19.2. The number of aromatic hydroxyl groups is 2. The highest BCUT2D eigenvalue weighted by molar-refractivity contribution is 5.44. The molecule has 1 aromatic carbocycles. The first-order valence-electron chi connectivity index (χ1n) is 7.92. The molecule has 1 rings (SSSR count). The molecule has 0 saturated heterocycles. The van der Waals surface area contributed by atoms with Crippen molar-refractivity contribution in [3.05, 3.63) is 23.8 Å². The van der Waals surface area contributed by atoms with Gasteiger partial charge >= 0.3 is 0 Å². The number of unbranched alkanes of at least 4 members (excludes halogenated alkanes) is 1. The van der Waals surface area contributed by atoms with Crippen LogP contribution in [-0.2, 0) is 15.9 Å². The molecular formula is C17H28O4. The van der Waals surface area contributed by atoms with E-state index in [0.717, 1.165) is 57.3 Å². The number of para-hydroxylation sites is 1. The van der Waals surface area contributed by atoms with E-state index in [2.05, 4.69) is 13.8 Å². The van der Waals surface area contributed by atoms with E-state index in [1.807, 2.05) is 6.07 Å². The van der Waals surface area contributed by atoms with Crippen molar-refractivity contribution < 1.29 is 19.7 Å². The van der Waals surface area contributed by atoms with Crippen LogP contribution in [0.2, 0.25) is 0 Å². The maximum absolute atomic E-state index is 9.74. The van der Waals surface area contributed by atoms with Crippen LogP contribution in [0, 0.1) is 0 Å². The summed E-state index contributed by atoms with van der Waals surface area (Å²) in [7, 11) is 0. The Hall–Kier alpha value is -1.26. The van der Waals surface area contributed by atoms with Crippen molar-refractivity contribution in [3.8, 4) is 11.5 Å². The van der Waals surface area contributed by atoms with Gasteiger partial charge in [-0.3, -0.25) is 0 Å². The molecule has 0 aliphatic heterocycles. The molecule has 0 aromatic heterocycles. The van der Waals surface area contributed by atoms with Crippen molar-refractivity contribution in [3.63, 3.8) is 0 Å². The second kappa shape index (κ2) is 10.5. The summed E-state index contributed by atoms with van der Waals surface area (Å²) in [6, 6.07) is 5.08. The fourth-order valence-corrected chi connectivity index (χ4v) is 2.12. The van der Waals surface area contributed by atoms with Gasteiger partial charge in [-0.1, -0.05) is 26.0 Å². The van der Waals surface area contributed by atoms with Crippen molar-refractivity contribution in [2.24, 2.45) is 0 Å². The highest BCUT2D eigenvalue weighted by Gasteiger charge is 2.10. The van der Waals surface area contributed by atoms with Gasteiger partial charge in [-0.15, -0.1) is 0 Å². The van der Waals surface area contributed by atoms with E-state index < -0.39 is 0 Å². The van der Waals surface area contributed by atoms with Crippen LogP contribution in [0.4, 0.5) is 0 Å². The minimum Gasteiger partial charge on any atom is -0.504 e. The van der Waals surface area contributed by atoms with E-state index in [-0.39, 0.29) is 17.8 Å². The lowest BCUT2D eigenvalue weighted by molar-refractivity contribution is -0.146. The van der Waals surface area contributed by atoms with Gasteiger partial charge in [0.2, 0.25) is 0 Å². The van der Waals surface area contributed by atoms with E-state index in [0.29, 0.717) is 0 Å². The molecule has 0 saturated carbocycles. The summed E-state index contributed by atoms with van der Waals surface area (Å²) in [5.74, 6) is -0.0542. The molecule has 0 radical (unpaired) electrons. The monoisotopic (exact) mass is 296 g/mol. The minimum atomic E-state index is -0.123. The number of hydrogen-bond acceptors (Lipinski definition) is 4. The fourth-order valence-electron chi connectivity index (χ4n) is 2.12. The Balaban J connectivity index is 2.31. The van der Waals surface area contributed by atoms with Gasteiger partial charge in [0.25, 0.3) is 0 Å². The van der Waals surface area contributed by atoms with Gasteiger partial charge in [-0.25, -0.2) is 0 Å². The van der Waals surface area contributed by atoms with E-state index in [1.54, 1.807) is 6.07 Å². The zero-order chi connectivity index (χ0) is 15.5. The molecule has 0 atom stereocenters. The Morgan fingerprint density at radius 2 is 1.67 bits per heavy atom. The molecule has 21 heavy (non-hydrogen) atoms. The molecule has 4 heteroatoms. The summed E-state index contributed by atoms with van der Waals surface area (Å²) in [6.07, 6.45) is 5.36. The van der Waals surface area contributed by atoms with Crippen LogP contribution in [0.15, 0.2) is 18.2 Å². The lowest BCUT2D eigenvalue weighted by Gasteiger charge is -2.18. The number of phenolic OH excluding ortho intramolecular Hbond substituents is 2. The summed E-state index contributed by atoms with van der Waals surface area (Å²) in [6.45, 7) is 5.62. The average molecular weight is 296 g/mol. The standard InChI is InChI=1S/C17H28O4/c1-3-12-20-16(21-13-4-2)11-6-5-8-14-9-7-10-15(18)17(14)19/h7,9-10,16,18-19H,3-6,8,11-13H2,1-2H3. The molecule has 0 unspecified atom stereocenters. The predicted octanol–water partition coefficient (Wildman–Crippen LogP) is 3.99. The Morgan fingerprint density at radius 1 is 1.00 bits per heavy atom. The summed E-state index contributed by atoms with van der Waals surface area (Å²) in [4.78, 5) is 0. The van der Waals surface area contributed by atoms with Gasteiger partial charge in [-0.2, -0.15) is 0 Å². The van der Waals surface area contributed by atoms with Crippen LogP contribution < -0.4 is 0 Å². The first-order valence-corrected chi connectivity index (χ1v) is 7.92. The maximum atomic E-state index is 9.74. The van der Waals surface area contributed by atoms with Gasteiger partial charge in [0.05, 0.1) is 0 Å². The van der Waals surface area contributed by atoms with Crippen molar-refractivity contribution in [1.29, 1.82) is 0 Å². The Morgan fingerprint density at radius 3 is 2.29 bits per heavy atom. The first-order chi connectivity index (χ1) is 10.2. The van der Waals surface area contributed by atoms with Crippen LogP contribution in [0.1, 0.15) is 51.5 Å². The van der Waals surface area contributed by atoms with E-state index in [9.17, 15) is 10.2 Å². The van der Waals surface area contributed by atoms with Crippen LogP contribution in [-0.4, -0.2) is 29.7 Å². The van der Waals surface area contributed by atoms with Gasteiger partial charge in [0, 0.05) is 13.2 Å². The molecular weight excluding hydrogens is 268 g/mol. The molecule has 2 N–H and O–H groups in total. The van der Waals surface area contributed by atoms with Crippen molar-refractivity contribution in [2.75, 3.05) is 13.2 Å². The van der Waals surface area contributed by atoms with E-state index in [4.69, 9.17) is 9.47 Å². The maximum Gasteiger partial charge on any atom is 0.160 e. The summed E-state index contributed by atoms with van der Waals surface area (Å²) in [5.41, 5.74) is 0.788. The van der Waals surface area contributed by atoms with E-state index in [1.165, 1.54) is 6.07 Å². The molecule has 1 aromatic rings. The van der Waals surface area contributed by atoms with Gasteiger partial charge in [0.1, 0.15) is 0 Å². The Labute approximate surface area is 127 Å². The van der Waals surface area contributed by atoms with E-state index >= 15 is 0 Å². The molecule has 0 spiro atoms. The number of aryl methyl sites for hydroxylation is 1. The zero-order valence-corrected chi connectivity index (χ0v) is 13.2. The molecule has 0 heterocycles. The number of benzene rings is 1. The molecule has 4 nitrogen and oxygen atoms in total. The highest BCUT2D eigenvalue weighted by Crippen LogP contribution is 2.29. The lowest BCUT2D eigenvalue weighted by atomic mass is 10.1. The number of phenols is 2. The predicted molar refractivity (Wildman–Crippen MR) is 83.6 cm³/mol. The largest absolute Gasteiger partial charge is 0.504 e. The Kier molecular flexibility index (Phi) is 8.87. The van der Waals surface area contributed by atoms with Gasteiger partial charge in [-0.05, 0) is 50.2 Å². The molecule has 0 fully saturated rings. The number of ether oxygens (including phenoxy) is 2. The smallest absolute Gasteiger partial charge is 0.160 e. The molecule has 0 aliphatic carbocycles. The van der Waals surface area contributed by atoms with Crippen molar-refractivity contribution >= 4 is 0 Å². The second-order valence-electron chi connectivity index (χ2n) is 5.20. The lowest BCUT2D eigenvalue weighted by Crippen LogP contribution is -2.18. The van der Waals surface area contributed by atoms with Crippen molar-refractivity contribution in [1.82, 2.24) is 0 Å². The van der Waals surface area contributed by atoms with Crippen LogP contribution >= 0.6 is 0 Å². The van der Waals surface area contributed by atoms with Crippen LogP contribution in [0.5, 0.6) is 11.5 Å². The fraction of sp³-hybridized carbons (Fsp3) is 0.647. The molecule has 0 amide bonds. The zero-order valence-electron chi connectivity index (χ0n) is 13.2. The third-order valence-electron chi connectivity index (χ3n) is 3.25. The Bertz CT molecular complexity index is 384. The summed E-state index contributed by atoms with van der Waals surface area (Å²) >= 11 is 0. The number of hydrogen-bond donors (Lipinski definition) is 2. The second-order valence-corrected chi connectivity index (χ2v) is 5.20. The normalized spacial score (nSPS) is 11.2. The molecule has 0 aliphatic rings. The summed E-state index contributed by atoms with van der Waals surface area (Å²) < 4.78 is 11.4.